The maximum absolute atomic E-state index is 3.53. The van der Waals surface area contributed by atoms with Crippen LogP contribution in [0.1, 0.15) is 91.8 Å². The first-order valence-electron chi connectivity index (χ1n) is 22.1. The smallest absolute Gasteiger partial charge is 0.0541 e. The van der Waals surface area contributed by atoms with E-state index in [1.54, 1.807) is 0 Å². The molecule has 0 saturated carbocycles. The Morgan fingerprint density at radius 2 is 1.47 bits per heavy atom. The van der Waals surface area contributed by atoms with Gasteiger partial charge in [0.25, 0.3) is 0 Å². The zero-order valence-electron chi connectivity index (χ0n) is 34.3. The molecule has 0 spiro atoms. The number of aromatic nitrogens is 2. The van der Waals surface area contributed by atoms with Crippen molar-refractivity contribution in [3.8, 4) is 16.8 Å². The van der Waals surface area contributed by atoms with Gasteiger partial charge in [0.2, 0.25) is 0 Å². The van der Waals surface area contributed by atoms with Crippen molar-refractivity contribution in [2.24, 2.45) is 5.92 Å². The van der Waals surface area contributed by atoms with E-state index in [0.717, 1.165) is 45.2 Å². The van der Waals surface area contributed by atoms with Crippen molar-refractivity contribution < 1.29 is 0 Å². The lowest BCUT2D eigenvalue weighted by Gasteiger charge is -2.30. The van der Waals surface area contributed by atoms with Crippen LogP contribution in [-0.4, -0.2) is 22.2 Å². The van der Waals surface area contributed by atoms with Crippen LogP contribution < -0.4 is 5.32 Å². The Hall–Kier alpha value is -5.90. The monoisotopic (exact) mass is 765 g/mol. The van der Waals surface area contributed by atoms with E-state index in [2.05, 4.69) is 174 Å². The largest absolute Gasteiger partial charge is 0.313 e. The number of hydrogen-bond donors (Lipinski definition) is 1. The summed E-state index contributed by atoms with van der Waals surface area (Å²) in [7, 11) is 0. The molecule has 59 heavy (non-hydrogen) atoms. The van der Waals surface area contributed by atoms with Gasteiger partial charge in [-0.2, -0.15) is 0 Å². The minimum atomic E-state index is 0.127. The third kappa shape index (κ3) is 5.51. The molecule has 0 amide bonds. The average Bonchev–Trinajstić information content (AvgIpc) is 3.89. The summed E-state index contributed by atoms with van der Waals surface area (Å²) >= 11 is 0. The minimum Gasteiger partial charge on any atom is -0.313 e. The second kappa shape index (κ2) is 13.6. The van der Waals surface area contributed by atoms with Crippen LogP contribution >= 0.6 is 0 Å². The van der Waals surface area contributed by atoms with Gasteiger partial charge in [-0.05, 0) is 162 Å². The van der Waals surface area contributed by atoms with Crippen molar-refractivity contribution in [2.75, 3.05) is 13.1 Å². The highest BCUT2D eigenvalue weighted by Crippen LogP contribution is 2.54. The Morgan fingerprint density at radius 3 is 2.32 bits per heavy atom. The number of hydrogen-bond acceptors (Lipinski definition) is 1. The topological polar surface area (TPSA) is 21.9 Å². The summed E-state index contributed by atoms with van der Waals surface area (Å²) in [6.45, 7) is 6.85. The highest BCUT2D eigenvalue weighted by molar-refractivity contribution is 6.12. The van der Waals surface area contributed by atoms with E-state index in [0.29, 0.717) is 11.8 Å². The highest BCUT2D eigenvalue weighted by Gasteiger charge is 2.43. The lowest BCUT2D eigenvalue weighted by Crippen LogP contribution is -2.24. The van der Waals surface area contributed by atoms with Crippen molar-refractivity contribution in [1.29, 1.82) is 0 Å². The molecule has 12 rings (SSSR count). The van der Waals surface area contributed by atoms with E-state index in [4.69, 9.17) is 0 Å². The molecule has 5 aromatic carbocycles. The second-order valence-corrected chi connectivity index (χ2v) is 18.2. The average molecular weight is 766 g/mol. The van der Waals surface area contributed by atoms with Gasteiger partial charge in [0, 0.05) is 45.3 Å². The van der Waals surface area contributed by atoms with Gasteiger partial charge in [-0.15, -0.1) is 0 Å². The molecule has 0 saturated heterocycles. The lowest BCUT2D eigenvalue weighted by atomic mass is 9.74. The van der Waals surface area contributed by atoms with E-state index in [1.807, 2.05) is 0 Å². The van der Waals surface area contributed by atoms with Crippen LogP contribution in [0.25, 0.3) is 72.4 Å². The highest BCUT2D eigenvalue weighted by atomic mass is 15.0. The molecule has 0 fully saturated rings. The van der Waals surface area contributed by atoms with E-state index < -0.39 is 0 Å². The molecule has 5 aliphatic rings. The lowest BCUT2D eigenvalue weighted by molar-refractivity contribution is 0.415. The molecule has 290 valence electrons. The van der Waals surface area contributed by atoms with Gasteiger partial charge in [0.05, 0.1) is 16.6 Å². The van der Waals surface area contributed by atoms with Crippen LogP contribution in [0.15, 0.2) is 140 Å². The summed E-state index contributed by atoms with van der Waals surface area (Å²) in [6.07, 6.45) is 24.7. The van der Waals surface area contributed by atoms with Gasteiger partial charge in [-0.25, -0.2) is 0 Å². The molecule has 7 aromatic rings. The number of fused-ring (bicyclic) bond motifs is 9. The summed E-state index contributed by atoms with van der Waals surface area (Å²) in [5, 5.41) is 7.49. The SMILES string of the molecule is CC1(C)c2ccccc2C2=CC(n3c4ccccc4c4cc(-c5ccc6c(c5)c5c(n6-c6cc(C7=CCNCC7)cc(C7CC=CCC7)c6)CCC=C5)ccc43)=CCC21. The van der Waals surface area contributed by atoms with Crippen LogP contribution in [0, 0.1) is 5.92 Å². The third-order valence-corrected chi connectivity index (χ3v) is 14.6. The number of nitrogens with one attached hydrogen (secondary N) is 1. The Morgan fingerprint density at radius 1 is 0.661 bits per heavy atom. The van der Waals surface area contributed by atoms with Crippen molar-refractivity contribution >= 4 is 55.6 Å². The molecule has 3 heterocycles. The number of benzene rings is 5. The van der Waals surface area contributed by atoms with Gasteiger partial charge in [0.1, 0.15) is 0 Å². The predicted molar refractivity (Wildman–Crippen MR) is 250 cm³/mol. The quantitative estimate of drug-likeness (QED) is 0.173. The minimum absolute atomic E-state index is 0.127. The van der Waals surface area contributed by atoms with Gasteiger partial charge in [0.15, 0.2) is 0 Å². The summed E-state index contributed by atoms with van der Waals surface area (Å²) in [4.78, 5) is 0. The summed E-state index contributed by atoms with van der Waals surface area (Å²) in [6, 6.07) is 40.0. The molecule has 0 radical (unpaired) electrons. The zero-order valence-corrected chi connectivity index (χ0v) is 34.3. The van der Waals surface area contributed by atoms with Crippen LogP contribution in [0.4, 0.5) is 0 Å². The second-order valence-electron chi connectivity index (χ2n) is 18.2. The van der Waals surface area contributed by atoms with Gasteiger partial charge >= 0.3 is 0 Å². The molecule has 4 aliphatic carbocycles. The van der Waals surface area contributed by atoms with Gasteiger partial charge < -0.3 is 14.5 Å². The van der Waals surface area contributed by atoms with Crippen LogP contribution in [0.5, 0.6) is 0 Å². The predicted octanol–water partition coefficient (Wildman–Crippen LogP) is 13.8. The fraction of sp³-hybridized carbons (Fsp3) is 0.250. The third-order valence-electron chi connectivity index (χ3n) is 14.6. The van der Waals surface area contributed by atoms with E-state index in [9.17, 15) is 0 Å². The van der Waals surface area contributed by atoms with Gasteiger partial charge in [-0.1, -0.05) is 111 Å². The van der Waals surface area contributed by atoms with Crippen molar-refractivity contribution in [3.05, 3.63) is 173 Å². The molecule has 0 bridgehead atoms. The first-order chi connectivity index (χ1) is 29.0. The maximum atomic E-state index is 3.53. The molecule has 2 aromatic heterocycles. The number of para-hydroxylation sites is 1. The van der Waals surface area contributed by atoms with Crippen LogP contribution in [-0.2, 0) is 11.8 Å². The molecule has 3 heteroatoms. The standard InChI is InChI=1S/C56H51N3/c1-56(2)50-17-9-6-14-44(50)47-35-42(22-23-51(47)56)58-52-18-10-7-15-45(52)48-33-38(20-24-54(48)58)39-21-25-55-49(34-39)46-16-8-11-19-53(46)59(55)43-31-40(36-12-4-3-5-13-36)30-41(32-43)37-26-28-57-29-27-37/h3-4,6-10,14-18,20-22,24-26,30-36,51,57H,5,11-13,19,23,27-29H2,1-2H3. The normalized spacial score (nSPS) is 20.7. The van der Waals surface area contributed by atoms with Gasteiger partial charge in [-0.3, -0.25) is 0 Å². The van der Waals surface area contributed by atoms with E-state index in [1.165, 1.54) is 113 Å². The molecule has 1 N–H and O–H groups in total. The van der Waals surface area contributed by atoms with Crippen molar-refractivity contribution in [3.63, 3.8) is 0 Å². The Kier molecular flexibility index (Phi) is 8.07. The summed E-state index contributed by atoms with van der Waals surface area (Å²) in [5.74, 6) is 1.07. The Balaban J connectivity index is 0.980. The number of nitrogens with zero attached hydrogens (tertiary/aromatic N) is 2. The molecule has 2 atom stereocenters. The van der Waals surface area contributed by atoms with Crippen molar-refractivity contribution in [1.82, 2.24) is 14.5 Å². The molecule has 2 unspecified atom stereocenters. The van der Waals surface area contributed by atoms with Crippen LogP contribution in [0.2, 0.25) is 0 Å². The number of allylic oxidation sites excluding steroid dienone is 7. The summed E-state index contributed by atoms with van der Waals surface area (Å²) in [5.41, 5.74) is 20.7. The van der Waals surface area contributed by atoms with Crippen molar-refractivity contribution in [2.45, 2.75) is 70.1 Å². The Labute approximate surface area is 347 Å². The number of rotatable bonds is 5. The van der Waals surface area contributed by atoms with E-state index >= 15 is 0 Å². The summed E-state index contributed by atoms with van der Waals surface area (Å²) < 4.78 is 5.13. The molecular weight excluding hydrogens is 715 g/mol. The first-order valence-corrected chi connectivity index (χ1v) is 22.1. The fourth-order valence-corrected chi connectivity index (χ4v) is 11.6. The molecule has 1 aliphatic heterocycles. The zero-order chi connectivity index (χ0) is 39.2. The maximum Gasteiger partial charge on any atom is 0.0541 e. The van der Waals surface area contributed by atoms with E-state index in [-0.39, 0.29) is 5.41 Å². The fourth-order valence-electron chi connectivity index (χ4n) is 11.6. The molecular formula is C56H51N3. The van der Waals surface area contributed by atoms with Crippen LogP contribution in [0.3, 0.4) is 0 Å². The molecule has 3 nitrogen and oxygen atoms in total. The first kappa shape index (κ1) is 35.1. The Bertz CT molecular complexity index is 3040.